The maximum atomic E-state index is 12.4. The minimum absolute atomic E-state index is 0.0640. The Bertz CT molecular complexity index is 845. The van der Waals surface area contributed by atoms with Crippen LogP contribution in [0.3, 0.4) is 0 Å². The first kappa shape index (κ1) is 24.1. The summed E-state index contributed by atoms with van der Waals surface area (Å²) in [6, 6.07) is 10.4. The van der Waals surface area contributed by atoms with Crippen molar-refractivity contribution in [2.45, 2.75) is 37.5 Å². The number of rotatable bonds is 5. The first-order chi connectivity index (χ1) is 13.9. The maximum Gasteiger partial charge on any atom is 0.490 e. The number of benzene rings is 1. The summed E-state index contributed by atoms with van der Waals surface area (Å²) in [6.45, 7) is 1.44. The lowest BCUT2D eigenvalue weighted by molar-refractivity contribution is -0.192. The Morgan fingerprint density at radius 1 is 1.20 bits per heavy atom. The van der Waals surface area contributed by atoms with E-state index >= 15 is 0 Å². The molecule has 0 saturated carbocycles. The van der Waals surface area contributed by atoms with Gasteiger partial charge in [-0.15, -0.1) is 0 Å². The number of aliphatic carboxylic acids is 1. The van der Waals surface area contributed by atoms with E-state index in [0.29, 0.717) is 19.4 Å². The highest BCUT2D eigenvalue weighted by atomic mass is 32.2. The fourth-order valence-corrected chi connectivity index (χ4v) is 5.23. The van der Waals surface area contributed by atoms with Gasteiger partial charge in [-0.3, -0.25) is 4.79 Å². The normalized spacial score (nSPS) is 22.8. The van der Waals surface area contributed by atoms with Gasteiger partial charge in [0.1, 0.15) is 0 Å². The predicted octanol–water partition coefficient (Wildman–Crippen LogP) is 2.10. The van der Waals surface area contributed by atoms with E-state index in [9.17, 15) is 26.4 Å². The van der Waals surface area contributed by atoms with E-state index in [1.807, 2.05) is 35.0 Å². The molecule has 7 nitrogen and oxygen atoms in total. The number of hydrogen-bond acceptors (Lipinski definition) is 5. The monoisotopic (exact) mass is 450 g/mol. The number of alkyl halides is 3. The van der Waals surface area contributed by atoms with Gasteiger partial charge in [0.25, 0.3) is 0 Å². The minimum Gasteiger partial charge on any atom is -0.475 e. The average Bonchev–Trinajstić information content (AvgIpc) is 2.99. The molecule has 0 aliphatic carbocycles. The molecule has 2 aliphatic heterocycles. The standard InChI is InChI=1S/C17H24N2O3S.C2HF3O2/c1-18(15-9-12-23(21,22)13-15)10-8-17(20)19-11-7-16(19)14-5-3-2-4-6-14;3-2(4,5)1(6)7/h2-6,15-16H,7-13H2,1H3;(H,6,7). The highest BCUT2D eigenvalue weighted by Gasteiger charge is 2.38. The SMILES string of the molecule is CN(CCC(=O)N1CCC1c1ccccc1)C1CCS(=O)(=O)C1.O=C(O)C(F)(F)F. The van der Waals surface area contributed by atoms with Crippen molar-refractivity contribution in [1.82, 2.24) is 9.80 Å². The zero-order valence-corrected chi connectivity index (χ0v) is 17.3. The Hall–Kier alpha value is -2.14. The number of carboxylic acids is 1. The van der Waals surface area contributed by atoms with Crippen LogP contribution in [-0.4, -0.2) is 79.1 Å². The van der Waals surface area contributed by atoms with Gasteiger partial charge in [0, 0.05) is 25.6 Å². The van der Waals surface area contributed by atoms with Crippen LogP contribution in [0.5, 0.6) is 0 Å². The molecular formula is C19H25F3N2O5S. The molecule has 2 unspecified atom stereocenters. The number of hydrogen-bond donors (Lipinski definition) is 1. The van der Waals surface area contributed by atoms with E-state index in [1.165, 1.54) is 5.56 Å². The zero-order chi connectivity index (χ0) is 22.5. The fourth-order valence-electron chi connectivity index (χ4n) is 3.43. The predicted molar refractivity (Wildman–Crippen MR) is 104 cm³/mol. The van der Waals surface area contributed by atoms with Gasteiger partial charge in [-0.1, -0.05) is 30.3 Å². The minimum atomic E-state index is -5.08. The van der Waals surface area contributed by atoms with Crippen LogP contribution in [0.15, 0.2) is 30.3 Å². The second-order valence-electron chi connectivity index (χ2n) is 7.39. The Kier molecular flexibility index (Phi) is 7.87. The number of sulfone groups is 1. The van der Waals surface area contributed by atoms with E-state index in [4.69, 9.17) is 9.90 Å². The third-order valence-electron chi connectivity index (χ3n) is 5.28. The lowest BCUT2D eigenvalue weighted by Crippen LogP contribution is -2.46. The summed E-state index contributed by atoms with van der Waals surface area (Å²) in [5.74, 6) is -2.09. The van der Waals surface area contributed by atoms with Crippen molar-refractivity contribution in [3.05, 3.63) is 35.9 Å². The van der Waals surface area contributed by atoms with Crippen LogP contribution in [0, 0.1) is 0 Å². The topological polar surface area (TPSA) is 95.0 Å². The summed E-state index contributed by atoms with van der Waals surface area (Å²) >= 11 is 0. The molecule has 11 heteroatoms. The van der Waals surface area contributed by atoms with Gasteiger partial charge in [0.2, 0.25) is 5.91 Å². The number of likely N-dealkylation sites (tertiary alicyclic amines) is 1. The summed E-state index contributed by atoms with van der Waals surface area (Å²) in [4.78, 5) is 25.3. The van der Waals surface area contributed by atoms with Gasteiger partial charge < -0.3 is 14.9 Å². The van der Waals surface area contributed by atoms with Gasteiger partial charge >= 0.3 is 12.1 Å². The highest BCUT2D eigenvalue weighted by Crippen LogP contribution is 2.33. The highest BCUT2D eigenvalue weighted by molar-refractivity contribution is 7.91. The summed E-state index contributed by atoms with van der Waals surface area (Å²) in [5, 5.41) is 7.12. The molecule has 2 aliphatic rings. The molecule has 3 rings (SSSR count). The number of amides is 1. The van der Waals surface area contributed by atoms with Crippen molar-refractivity contribution in [2.24, 2.45) is 0 Å². The van der Waals surface area contributed by atoms with Crippen LogP contribution >= 0.6 is 0 Å². The molecule has 1 N–H and O–H groups in total. The largest absolute Gasteiger partial charge is 0.490 e. The van der Waals surface area contributed by atoms with Crippen LogP contribution in [0.4, 0.5) is 13.2 Å². The number of nitrogens with zero attached hydrogens (tertiary/aromatic N) is 2. The number of carboxylic acid groups (broad SMARTS) is 1. The molecule has 2 atom stereocenters. The lowest BCUT2D eigenvalue weighted by Gasteiger charge is -2.41. The first-order valence-corrected chi connectivity index (χ1v) is 11.3. The maximum absolute atomic E-state index is 12.4. The summed E-state index contributed by atoms with van der Waals surface area (Å²) < 4.78 is 54.8. The molecule has 2 heterocycles. The van der Waals surface area contributed by atoms with Crippen LogP contribution in [0.25, 0.3) is 0 Å². The van der Waals surface area contributed by atoms with Crippen LogP contribution in [0.1, 0.15) is 30.9 Å². The molecule has 2 fully saturated rings. The second kappa shape index (κ2) is 9.78. The molecule has 0 aromatic heterocycles. The molecule has 0 bridgehead atoms. The molecule has 1 amide bonds. The number of carbonyl (C=O) groups excluding carboxylic acids is 1. The Morgan fingerprint density at radius 3 is 2.23 bits per heavy atom. The van der Waals surface area contributed by atoms with Gasteiger partial charge in [-0.2, -0.15) is 13.2 Å². The Balaban J connectivity index is 0.000000396. The molecule has 1 aromatic rings. The molecule has 0 radical (unpaired) electrons. The third-order valence-corrected chi connectivity index (χ3v) is 7.03. The van der Waals surface area contributed by atoms with Crippen molar-refractivity contribution in [2.75, 3.05) is 31.6 Å². The second-order valence-corrected chi connectivity index (χ2v) is 9.62. The Labute approximate surface area is 173 Å². The summed E-state index contributed by atoms with van der Waals surface area (Å²) in [5.41, 5.74) is 1.20. The zero-order valence-electron chi connectivity index (χ0n) is 16.5. The summed E-state index contributed by atoms with van der Waals surface area (Å²) in [6.07, 6.45) is -2.92. The fraction of sp³-hybridized carbons (Fsp3) is 0.579. The number of halogens is 3. The van der Waals surface area contributed by atoms with Crippen LogP contribution in [0.2, 0.25) is 0 Å². The van der Waals surface area contributed by atoms with E-state index in [1.54, 1.807) is 0 Å². The summed E-state index contributed by atoms with van der Waals surface area (Å²) in [7, 11) is -0.950. The van der Waals surface area contributed by atoms with E-state index < -0.39 is 22.0 Å². The quantitative estimate of drug-likeness (QED) is 0.738. The molecule has 168 valence electrons. The molecule has 0 spiro atoms. The lowest BCUT2D eigenvalue weighted by atomic mass is 9.94. The van der Waals surface area contributed by atoms with Gasteiger partial charge in [-0.05, 0) is 25.5 Å². The van der Waals surface area contributed by atoms with Crippen molar-refractivity contribution < 1.29 is 36.3 Å². The van der Waals surface area contributed by atoms with Gasteiger partial charge in [0.15, 0.2) is 9.84 Å². The molecule has 30 heavy (non-hydrogen) atoms. The van der Waals surface area contributed by atoms with E-state index in [-0.39, 0.29) is 29.5 Å². The molecular weight excluding hydrogens is 425 g/mol. The van der Waals surface area contributed by atoms with Gasteiger partial charge in [0.05, 0.1) is 17.5 Å². The molecule has 1 aromatic carbocycles. The number of carbonyl (C=O) groups is 2. The van der Waals surface area contributed by atoms with Crippen molar-refractivity contribution in [3.63, 3.8) is 0 Å². The first-order valence-electron chi connectivity index (χ1n) is 9.46. The van der Waals surface area contributed by atoms with Crippen LogP contribution < -0.4 is 0 Å². The smallest absolute Gasteiger partial charge is 0.475 e. The van der Waals surface area contributed by atoms with Crippen molar-refractivity contribution >= 4 is 21.7 Å². The van der Waals surface area contributed by atoms with E-state index in [0.717, 1.165) is 13.0 Å². The third kappa shape index (κ3) is 6.69. The van der Waals surface area contributed by atoms with Crippen molar-refractivity contribution in [3.8, 4) is 0 Å². The van der Waals surface area contributed by atoms with Crippen LogP contribution in [-0.2, 0) is 19.4 Å². The molecule has 2 saturated heterocycles. The van der Waals surface area contributed by atoms with Crippen molar-refractivity contribution in [1.29, 1.82) is 0 Å². The average molecular weight is 450 g/mol. The van der Waals surface area contributed by atoms with Gasteiger partial charge in [-0.25, -0.2) is 13.2 Å². The van der Waals surface area contributed by atoms with E-state index in [2.05, 4.69) is 12.1 Å². The Morgan fingerprint density at radius 2 is 1.80 bits per heavy atom.